The zero-order valence-electron chi connectivity index (χ0n) is 17.2. The lowest BCUT2D eigenvalue weighted by Crippen LogP contribution is -2.19. The molecular formula is C26H28N2O2. The predicted molar refractivity (Wildman–Crippen MR) is 119 cm³/mol. The van der Waals surface area contributed by atoms with Gasteiger partial charge in [-0.15, -0.1) is 0 Å². The number of nitrogens with one attached hydrogen (secondary N) is 1. The van der Waals surface area contributed by atoms with Crippen LogP contribution in [0.15, 0.2) is 42.5 Å². The van der Waals surface area contributed by atoms with Crippen LogP contribution in [0.2, 0.25) is 0 Å². The standard InChI is InChI=1S/C26H28N2O2/c29-26(30)17-10-11-21-22(14-17)28-15-18-12-13-27-24(18)19-8-4-5-9-20(19)25(28)23(21)16-6-2-1-3-7-16/h4-5,8-11,14,16,18,24,27H,1-3,6-7,12-13,15H2,(H,29,30). The normalized spacial score (nSPS) is 23.6. The quantitative estimate of drug-likeness (QED) is 0.579. The van der Waals surface area contributed by atoms with E-state index in [9.17, 15) is 9.90 Å². The van der Waals surface area contributed by atoms with Gasteiger partial charge in [0, 0.05) is 29.1 Å². The molecule has 2 fully saturated rings. The lowest BCUT2D eigenvalue weighted by Gasteiger charge is -2.24. The number of carboxylic acids is 1. The first-order valence-corrected chi connectivity index (χ1v) is 11.4. The van der Waals surface area contributed by atoms with Crippen molar-refractivity contribution >= 4 is 16.9 Å². The highest BCUT2D eigenvalue weighted by Gasteiger charge is 2.37. The molecule has 4 heteroatoms. The van der Waals surface area contributed by atoms with Gasteiger partial charge in [-0.1, -0.05) is 49.6 Å². The maximum Gasteiger partial charge on any atom is 0.335 e. The van der Waals surface area contributed by atoms with Crippen molar-refractivity contribution in [2.24, 2.45) is 5.92 Å². The number of carbonyl (C=O) groups is 1. The molecule has 1 aromatic heterocycles. The molecule has 2 aliphatic heterocycles. The topological polar surface area (TPSA) is 54.3 Å². The molecule has 2 N–H and O–H groups in total. The first-order valence-electron chi connectivity index (χ1n) is 11.4. The number of carboxylic acid groups (broad SMARTS) is 1. The Hall–Kier alpha value is -2.59. The van der Waals surface area contributed by atoms with Crippen molar-refractivity contribution in [1.29, 1.82) is 0 Å². The van der Waals surface area contributed by atoms with Crippen LogP contribution in [-0.4, -0.2) is 22.2 Å². The van der Waals surface area contributed by atoms with Crippen molar-refractivity contribution in [3.05, 3.63) is 59.2 Å². The molecule has 1 saturated carbocycles. The first kappa shape index (κ1) is 18.2. The van der Waals surface area contributed by atoms with E-state index < -0.39 is 5.97 Å². The number of aromatic nitrogens is 1. The van der Waals surface area contributed by atoms with Gasteiger partial charge in [-0.2, -0.15) is 0 Å². The molecule has 30 heavy (non-hydrogen) atoms. The second kappa shape index (κ2) is 6.98. The molecule has 3 aromatic rings. The van der Waals surface area contributed by atoms with E-state index in [1.54, 1.807) is 6.07 Å². The summed E-state index contributed by atoms with van der Waals surface area (Å²) in [6, 6.07) is 15.1. The minimum Gasteiger partial charge on any atom is -0.478 e. The van der Waals surface area contributed by atoms with Crippen LogP contribution in [0.3, 0.4) is 0 Å². The zero-order valence-corrected chi connectivity index (χ0v) is 17.2. The van der Waals surface area contributed by atoms with E-state index >= 15 is 0 Å². The van der Waals surface area contributed by atoms with Crippen LogP contribution in [0.5, 0.6) is 0 Å². The lowest BCUT2D eigenvalue weighted by atomic mass is 9.81. The molecule has 0 bridgehead atoms. The first-order chi connectivity index (χ1) is 14.7. The Bertz CT molecular complexity index is 1140. The average Bonchev–Trinajstić information content (AvgIpc) is 3.33. The molecule has 154 valence electrons. The van der Waals surface area contributed by atoms with Crippen LogP contribution in [0.4, 0.5) is 0 Å². The minimum atomic E-state index is -0.846. The second-order valence-corrected chi connectivity index (χ2v) is 9.31. The summed E-state index contributed by atoms with van der Waals surface area (Å²) in [6.45, 7) is 2.00. The number of hydrogen-bond donors (Lipinski definition) is 2. The Morgan fingerprint density at radius 3 is 2.70 bits per heavy atom. The number of rotatable bonds is 2. The van der Waals surface area contributed by atoms with Crippen molar-refractivity contribution in [2.75, 3.05) is 6.54 Å². The van der Waals surface area contributed by atoms with E-state index in [1.165, 1.54) is 59.9 Å². The Balaban J connectivity index is 1.68. The third-order valence-corrected chi connectivity index (χ3v) is 7.68. The van der Waals surface area contributed by atoms with Crippen LogP contribution in [-0.2, 0) is 6.54 Å². The molecule has 1 aliphatic carbocycles. The SMILES string of the molecule is O=C(O)c1ccc2c(C3CCCCC3)c3n(c2c1)CC1CCNC1c1ccccc1-3. The Labute approximate surface area is 176 Å². The van der Waals surface area contributed by atoms with Gasteiger partial charge in [0.25, 0.3) is 0 Å². The molecule has 2 aromatic carbocycles. The zero-order chi connectivity index (χ0) is 20.2. The fourth-order valence-corrected chi connectivity index (χ4v) is 6.33. The van der Waals surface area contributed by atoms with Crippen LogP contribution in [0.1, 0.15) is 72.0 Å². The summed E-state index contributed by atoms with van der Waals surface area (Å²) in [5.74, 6) is 0.254. The van der Waals surface area contributed by atoms with Gasteiger partial charge in [0.05, 0.1) is 11.3 Å². The molecule has 4 nitrogen and oxygen atoms in total. The molecule has 2 unspecified atom stereocenters. The number of aromatic carboxylic acids is 1. The van der Waals surface area contributed by atoms with Crippen molar-refractivity contribution in [2.45, 2.75) is 57.0 Å². The maximum atomic E-state index is 11.8. The van der Waals surface area contributed by atoms with Gasteiger partial charge in [0.2, 0.25) is 0 Å². The van der Waals surface area contributed by atoms with Crippen molar-refractivity contribution in [3.8, 4) is 11.3 Å². The Morgan fingerprint density at radius 1 is 1.03 bits per heavy atom. The summed E-state index contributed by atoms with van der Waals surface area (Å²) < 4.78 is 2.47. The number of hydrogen-bond acceptors (Lipinski definition) is 2. The number of nitrogens with zero attached hydrogens (tertiary/aromatic N) is 1. The van der Waals surface area contributed by atoms with Crippen LogP contribution in [0, 0.1) is 5.92 Å². The highest BCUT2D eigenvalue weighted by molar-refractivity contribution is 5.98. The number of benzene rings is 2. The summed E-state index contributed by atoms with van der Waals surface area (Å²) in [6.07, 6.45) is 7.55. The van der Waals surface area contributed by atoms with Crippen molar-refractivity contribution < 1.29 is 9.90 Å². The third kappa shape index (κ3) is 2.66. The molecule has 0 amide bonds. The fraction of sp³-hybridized carbons (Fsp3) is 0.423. The van der Waals surface area contributed by atoms with Crippen molar-refractivity contribution in [3.63, 3.8) is 0 Å². The highest BCUT2D eigenvalue weighted by Crippen LogP contribution is 2.49. The van der Waals surface area contributed by atoms with Crippen LogP contribution >= 0.6 is 0 Å². The number of fused-ring (bicyclic) bond motifs is 7. The van der Waals surface area contributed by atoms with E-state index in [4.69, 9.17) is 0 Å². The smallest absolute Gasteiger partial charge is 0.335 e. The summed E-state index contributed by atoms with van der Waals surface area (Å²) in [5, 5.41) is 14.7. The fourth-order valence-electron chi connectivity index (χ4n) is 6.33. The van der Waals surface area contributed by atoms with E-state index in [-0.39, 0.29) is 0 Å². The monoisotopic (exact) mass is 400 g/mol. The lowest BCUT2D eigenvalue weighted by molar-refractivity contribution is 0.0697. The predicted octanol–water partition coefficient (Wildman–Crippen LogP) is 5.72. The highest BCUT2D eigenvalue weighted by atomic mass is 16.4. The molecular weight excluding hydrogens is 372 g/mol. The van der Waals surface area contributed by atoms with Gasteiger partial charge in [-0.05, 0) is 60.9 Å². The molecule has 3 heterocycles. The van der Waals surface area contributed by atoms with Gasteiger partial charge in [0.15, 0.2) is 0 Å². The summed E-state index contributed by atoms with van der Waals surface area (Å²) in [4.78, 5) is 11.8. The average molecular weight is 401 g/mol. The van der Waals surface area contributed by atoms with Gasteiger partial charge >= 0.3 is 5.97 Å². The van der Waals surface area contributed by atoms with Gasteiger partial charge < -0.3 is 15.0 Å². The van der Waals surface area contributed by atoms with E-state index in [0.29, 0.717) is 23.4 Å². The molecule has 3 aliphatic rings. The van der Waals surface area contributed by atoms with E-state index in [2.05, 4.69) is 40.2 Å². The Kier molecular flexibility index (Phi) is 4.24. The molecule has 2 atom stereocenters. The molecule has 0 radical (unpaired) electrons. The summed E-state index contributed by atoms with van der Waals surface area (Å²) in [5.41, 5.74) is 7.06. The summed E-state index contributed by atoms with van der Waals surface area (Å²) >= 11 is 0. The van der Waals surface area contributed by atoms with E-state index in [1.807, 2.05) is 6.07 Å². The van der Waals surface area contributed by atoms with Crippen LogP contribution < -0.4 is 5.32 Å². The van der Waals surface area contributed by atoms with E-state index in [0.717, 1.165) is 25.0 Å². The van der Waals surface area contributed by atoms with Gasteiger partial charge in [-0.25, -0.2) is 4.79 Å². The largest absolute Gasteiger partial charge is 0.478 e. The van der Waals surface area contributed by atoms with Gasteiger partial charge in [0.1, 0.15) is 0 Å². The maximum absolute atomic E-state index is 11.8. The minimum absolute atomic E-state index is 0.386. The molecule has 6 rings (SSSR count). The summed E-state index contributed by atoms with van der Waals surface area (Å²) in [7, 11) is 0. The van der Waals surface area contributed by atoms with Crippen molar-refractivity contribution in [1.82, 2.24) is 9.88 Å². The van der Waals surface area contributed by atoms with Crippen LogP contribution in [0.25, 0.3) is 22.2 Å². The molecule has 0 spiro atoms. The third-order valence-electron chi connectivity index (χ3n) is 7.68. The second-order valence-electron chi connectivity index (χ2n) is 9.31. The van der Waals surface area contributed by atoms with Gasteiger partial charge in [-0.3, -0.25) is 0 Å². The molecule has 1 saturated heterocycles. The Morgan fingerprint density at radius 2 is 1.87 bits per heavy atom.